The lowest BCUT2D eigenvalue weighted by Crippen LogP contribution is -2.16. The summed E-state index contributed by atoms with van der Waals surface area (Å²) in [5, 5.41) is -0.0669. The van der Waals surface area contributed by atoms with Gasteiger partial charge in [0, 0.05) is 6.20 Å². The number of primary amides is 1. The number of carbonyl (C=O) groups excluding carboxylic acids is 1. The molecular formula is C8H7ClF2N2O. The second-order valence-electron chi connectivity index (χ2n) is 2.68. The fourth-order valence-corrected chi connectivity index (χ4v) is 1.24. The quantitative estimate of drug-likeness (QED) is 0.830. The highest BCUT2D eigenvalue weighted by atomic mass is 35.5. The molecule has 1 amide bonds. The Morgan fingerprint density at radius 3 is 2.64 bits per heavy atom. The zero-order chi connectivity index (χ0) is 10.9. The third-order valence-electron chi connectivity index (χ3n) is 1.67. The minimum atomic E-state index is -2.87. The van der Waals surface area contributed by atoms with E-state index in [-0.39, 0.29) is 5.02 Å². The van der Waals surface area contributed by atoms with Crippen molar-refractivity contribution in [2.24, 2.45) is 5.73 Å². The Kier molecular flexibility index (Phi) is 3.00. The first-order chi connectivity index (χ1) is 6.45. The van der Waals surface area contributed by atoms with E-state index in [1.165, 1.54) is 6.20 Å². The SMILES string of the molecule is Cc1cnc(C(F)F)c(C(N)=O)c1Cl. The second-order valence-corrected chi connectivity index (χ2v) is 3.06. The number of alkyl halides is 2. The Morgan fingerprint density at radius 1 is 1.64 bits per heavy atom. The van der Waals surface area contributed by atoms with Gasteiger partial charge in [-0.25, -0.2) is 8.78 Å². The van der Waals surface area contributed by atoms with Gasteiger partial charge in [0.05, 0.1) is 10.6 Å². The molecule has 0 saturated carbocycles. The van der Waals surface area contributed by atoms with Crippen LogP contribution in [0.1, 0.15) is 28.0 Å². The van der Waals surface area contributed by atoms with Crippen LogP contribution in [0.15, 0.2) is 6.20 Å². The van der Waals surface area contributed by atoms with Gasteiger partial charge < -0.3 is 5.73 Å². The summed E-state index contributed by atoms with van der Waals surface area (Å²) in [6, 6.07) is 0. The third-order valence-corrected chi connectivity index (χ3v) is 2.16. The maximum Gasteiger partial charge on any atom is 0.281 e. The first-order valence-corrected chi connectivity index (χ1v) is 4.06. The van der Waals surface area contributed by atoms with Crippen molar-refractivity contribution in [1.82, 2.24) is 4.98 Å². The summed E-state index contributed by atoms with van der Waals surface area (Å²) in [4.78, 5) is 14.3. The van der Waals surface area contributed by atoms with Gasteiger partial charge in [-0.15, -0.1) is 0 Å². The highest BCUT2D eigenvalue weighted by Gasteiger charge is 2.22. The van der Waals surface area contributed by atoms with Crippen LogP contribution >= 0.6 is 11.6 Å². The molecule has 2 N–H and O–H groups in total. The van der Waals surface area contributed by atoms with E-state index in [1.807, 2.05) is 0 Å². The molecule has 1 aromatic rings. The Balaban J connectivity index is 3.45. The van der Waals surface area contributed by atoms with Crippen LogP contribution in [0.3, 0.4) is 0 Å². The largest absolute Gasteiger partial charge is 0.365 e. The Hall–Kier alpha value is -1.23. The standard InChI is InChI=1S/C8H7ClF2N2O/c1-3-2-13-6(7(10)11)4(5(3)9)8(12)14/h2,7H,1H3,(H2,12,14). The van der Waals surface area contributed by atoms with E-state index in [2.05, 4.69) is 4.98 Å². The van der Waals surface area contributed by atoms with Crippen LogP contribution in [0.5, 0.6) is 0 Å². The molecule has 3 nitrogen and oxygen atoms in total. The normalized spacial score (nSPS) is 10.6. The van der Waals surface area contributed by atoms with E-state index in [4.69, 9.17) is 17.3 Å². The molecule has 0 spiro atoms. The minimum Gasteiger partial charge on any atom is -0.365 e. The van der Waals surface area contributed by atoms with Gasteiger partial charge in [0.1, 0.15) is 5.69 Å². The van der Waals surface area contributed by atoms with E-state index in [0.717, 1.165) is 0 Å². The summed E-state index contributed by atoms with van der Waals surface area (Å²) in [5.41, 5.74) is 4.29. The number of hydrogen-bond donors (Lipinski definition) is 1. The van der Waals surface area contributed by atoms with Gasteiger partial charge in [0.15, 0.2) is 0 Å². The molecule has 0 saturated heterocycles. The van der Waals surface area contributed by atoms with Crippen LogP contribution in [0.4, 0.5) is 8.78 Å². The minimum absolute atomic E-state index is 0.0669. The fourth-order valence-electron chi connectivity index (χ4n) is 0.997. The molecule has 6 heteroatoms. The molecule has 0 aliphatic carbocycles. The van der Waals surface area contributed by atoms with Crippen molar-refractivity contribution in [1.29, 1.82) is 0 Å². The molecule has 76 valence electrons. The van der Waals surface area contributed by atoms with Crippen molar-refractivity contribution in [2.75, 3.05) is 0 Å². The van der Waals surface area contributed by atoms with Crippen LogP contribution in [0, 0.1) is 6.92 Å². The summed E-state index contributed by atoms with van der Waals surface area (Å²) < 4.78 is 24.7. The van der Waals surface area contributed by atoms with Gasteiger partial charge >= 0.3 is 0 Å². The van der Waals surface area contributed by atoms with E-state index in [9.17, 15) is 13.6 Å². The fraction of sp³-hybridized carbons (Fsp3) is 0.250. The molecule has 0 radical (unpaired) electrons. The molecule has 1 rings (SSSR count). The summed E-state index contributed by atoms with van der Waals surface area (Å²) in [5.74, 6) is -0.999. The monoisotopic (exact) mass is 220 g/mol. The van der Waals surface area contributed by atoms with Crippen LogP contribution in [0.2, 0.25) is 5.02 Å². The summed E-state index contributed by atoms with van der Waals surface area (Å²) in [6.45, 7) is 1.55. The number of nitrogens with two attached hydrogens (primary N) is 1. The number of halogens is 3. The molecule has 1 heterocycles. The Bertz CT molecular complexity index is 382. The van der Waals surface area contributed by atoms with Crippen molar-refractivity contribution in [3.8, 4) is 0 Å². The lowest BCUT2D eigenvalue weighted by Gasteiger charge is -2.08. The smallest absolute Gasteiger partial charge is 0.281 e. The lowest BCUT2D eigenvalue weighted by molar-refractivity contribution is 0.0983. The molecule has 0 aliphatic heterocycles. The first-order valence-electron chi connectivity index (χ1n) is 3.68. The highest BCUT2D eigenvalue weighted by Crippen LogP contribution is 2.28. The van der Waals surface area contributed by atoms with Crippen LogP contribution in [-0.2, 0) is 0 Å². The van der Waals surface area contributed by atoms with E-state index < -0.39 is 23.6 Å². The molecule has 1 aromatic heterocycles. The second kappa shape index (κ2) is 3.88. The average molecular weight is 221 g/mol. The Labute approximate surface area is 83.9 Å². The predicted molar refractivity (Wildman–Crippen MR) is 47.5 cm³/mol. The zero-order valence-corrected chi connectivity index (χ0v) is 7.98. The number of aromatic nitrogens is 1. The van der Waals surface area contributed by atoms with Gasteiger partial charge in [-0.3, -0.25) is 9.78 Å². The van der Waals surface area contributed by atoms with E-state index in [1.54, 1.807) is 6.92 Å². The van der Waals surface area contributed by atoms with Crippen molar-refractivity contribution < 1.29 is 13.6 Å². The molecule has 0 bridgehead atoms. The lowest BCUT2D eigenvalue weighted by atomic mass is 10.1. The van der Waals surface area contributed by atoms with Crippen LogP contribution in [0.25, 0.3) is 0 Å². The van der Waals surface area contributed by atoms with Crippen molar-refractivity contribution in [3.63, 3.8) is 0 Å². The topological polar surface area (TPSA) is 56.0 Å². The van der Waals surface area contributed by atoms with Crippen LogP contribution < -0.4 is 5.73 Å². The van der Waals surface area contributed by atoms with Crippen molar-refractivity contribution >= 4 is 17.5 Å². The number of nitrogens with zero attached hydrogens (tertiary/aromatic N) is 1. The number of amides is 1. The van der Waals surface area contributed by atoms with Crippen molar-refractivity contribution in [2.45, 2.75) is 13.3 Å². The maximum atomic E-state index is 12.4. The summed E-state index contributed by atoms with van der Waals surface area (Å²) in [6.07, 6.45) is -1.69. The van der Waals surface area contributed by atoms with Gasteiger partial charge in [0.2, 0.25) is 0 Å². The van der Waals surface area contributed by atoms with Crippen LogP contribution in [-0.4, -0.2) is 10.9 Å². The Morgan fingerprint density at radius 2 is 2.21 bits per heavy atom. The van der Waals surface area contributed by atoms with Gasteiger partial charge in [-0.1, -0.05) is 11.6 Å². The van der Waals surface area contributed by atoms with Gasteiger partial charge in [0.25, 0.3) is 12.3 Å². The number of aryl methyl sites for hydroxylation is 1. The molecule has 14 heavy (non-hydrogen) atoms. The number of pyridine rings is 1. The summed E-state index contributed by atoms with van der Waals surface area (Å²) in [7, 11) is 0. The van der Waals surface area contributed by atoms with E-state index >= 15 is 0 Å². The third kappa shape index (κ3) is 1.82. The zero-order valence-electron chi connectivity index (χ0n) is 7.22. The molecule has 0 atom stereocenters. The summed E-state index contributed by atoms with van der Waals surface area (Å²) >= 11 is 5.66. The molecule has 0 fully saturated rings. The maximum absolute atomic E-state index is 12.4. The van der Waals surface area contributed by atoms with Gasteiger partial charge in [-0.2, -0.15) is 0 Å². The molecule has 0 unspecified atom stereocenters. The average Bonchev–Trinajstić information content (AvgIpc) is 2.08. The molecule has 0 aromatic carbocycles. The number of hydrogen-bond acceptors (Lipinski definition) is 2. The molecular weight excluding hydrogens is 214 g/mol. The van der Waals surface area contributed by atoms with Crippen molar-refractivity contribution in [3.05, 3.63) is 28.0 Å². The van der Waals surface area contributed by atoms with Gasteiger partial charge in [-0.05, 0) is 12.5 Å². The first kappa shape index (κ1) is 10.8. The molecule has 0 aliphatic rings. The highest BCUT2D eigenvalue weighted by molar-refractivity contribution is 6.34. The number of rotatable bonds is 2. The predicted octanol–water partition coefficient (Wildman–Crippen LogP) is 2.08. The van der Waals surface area contributed by atoms with E-state index in [0.29, 0.717) is 5.56 Å². The number of carbonyl (C=O) groups is 1.